The summed E-state index contributed by atoms with van der Waals surface area (Å²) in [7, 11) is -4.14. The maximum atomic E-state index is 12.1. The minimum Gasteiger partial charge on any atom is -0.478 e. The van der Waals surface area contributed by atoms with Crippen molar-refractivity contribution in [2.24, 2.45) is 0 Å². The molecular weight excluding hydrogens is 358 g/mol. The first-order valence-corrected chi connectivity index (χ1v) is 8.27. The van der Waals surface area contributed by atoms with E-state index in [1.54, 1.807) is 4.72 Å². The van der Waals surface area contributed by atoms with E-state index < -0.39 is 22.0 Å². The van der Waals surface area contributed by atoms with Crippen LogP contribution in [0.15, 0.2) is 47.4 Å². The van der Waals surface area contributed by atoms with Crippen molar-refractivity contribution in [2.45, 2.75) is 4.90 Å². The summed E-state index contributed by atoms with van der Waals surface area (Å²) in [6.45, 7) is 0. The molecule has 0 fully saturated rings. The fourth-order valence-electron chi connectivity index (χ4n) is 1.78. The number of hydrogen-bond acceptors (Lipinski definition) is 5. The van der Waals surface area contributed by atoms with Gasteiger partial charge in [0.2, 0.25) is 0 Å². The van der Waals surface area contributed by atoms with E-state index >= 15 is 0 Å². The van der Waals surface area contributed by atoms with E-state index in [1.807, 2.05) is 0 Å². The van der Waals surface area contributed by atoms with Crippen LogP contribution in [0.25, 0.3) is 0 Å². The van der Waals surface area contributed by atoms with Gasteiger partial charge in [-0.05, 0) is 42.5 Å². The third kappa shape index (κ3) is 4.15. The Morgan fingerprint density at radius 2 is 1.71 bits per heavy atom. The Morgan fingerprint density at radius 1 is 1.08 bits per heavy atom. The number of hydrogen-bond donors (Lipinski definition) is 4. The first-order chi connectivity index (χ1) is 11.2. The average Bonchev–Trinajstić information content (AvgIpc) is 2.46. The second-order valence-electron chi connectivity index (χ2n) is 4.62. The highest BCUT2D eigenvalue weighted by molar-refractivity contribution is 7.90. The molecular formula is C14H12ClN3O5S. The van der Waals surface area contributed by atoms with Gasteiger partial charge in [0.25, 0.3) is 10.0 Å². The van der Waals surface area contributed by atoms with Crippen LogP contribution in [0.5, 0.6) is 0 Å². The first kappa shape index (κ1) is 17.6. The lowest BCUT2D eigenvalue weighted by molar-refractivity contribution is 0.0698. The molecule has 0 aliphatic rings. The fourth-order valence-corrected chi connectivity index (χ4v) is 2.86. The molecule has 10 heteroatoms. The van der Waals surface area contributed by atoms with Crippen LogP contribution in [0.3, 0.4) is 0 Å². The van der Waals surface area contributed by atoms with Crippen molar-refractivity contribution in [1.82, 2.24) is 4.72 Å². The SMILES string of the molecule is Nc1ccc(S(=O)(=O)NC(=O)Nc2cc(Cl)ccc2C(=O)O)cc1. The number of nitrogen functional groups attached to an aromatic ring is 1. The molecule has 0 bridgehead atoms. The molecule has 0 aliphatic carbocycles. The maximum Gasteiger partial charge on any atom is 0.337 e. The van der Waals surface area contributed by atoms with Crippen molar-refractivity contribution < 1.29 is 23.1 Å². The van der Waals surface area contributed by atoms with Gasteiger partial charge >= 0.3 is 12.0 Å². The Hall–Kier alpha value is -2.78. The summed E-state index contributed by atoms with van der Waals surface area (Å²) in [6, 6.07) is 7.78. The maximum absolute atomic E-state index is 12.1. The molecule has 0 aromatic heterocycles. The Labute approximate surface area is 142 Å². The molecule has 0 unspecified atom stereocenters. The third-order valence-corrected chi connectivity index (χ3v) is 4.46. The molecule has 2 rings (SSSR count). The van der Waals surface area contributed by atoms with Crippen molar-refractivity contribution >= 4 is 45.0 Å². The summed E-state index contributed by atoms with van der Waals surface area (Å²) in [5.41, 5.74) is 5.46. The molecule has 5 N–H and O–H groups in total. The molecule has 0 spiro atoms. The molecule has 24 heavy (non-hydrogen) atoms. The van der Waals surface area contributed by atoms with Crippen LogP contribution in [-0.2, 0) is 10.0 Å². The molecule has 0 heterocycles. The summed E-state index contributed by atoms with van der Waals surface area (Å²) < 4.78 is 25.9. The summed E-state index contributed by atoms with van der Waals surface area (Å²) in [5.74, 6) is -1.30. The van der Waals surface area contributed by atoms with E-state index in [-0.39, 0.29) is 21.2 Å². The van der Waals surface area contributed by atoms with Gasteiger partial charge in [-0.1, -0.05) is 11.6 Å². The van der Waals surface area contributed by atoms with Crippen LogP contribution in [0.2, 0.25) is 5.02 Å². The summed E-state index contributed by atoms with van der Waals surface area (Å²) in [6.07, 6.45) is 0. The number of carboxylic acid groups (broad SMARTS) is 1. The first-order valence-electron chi connectivity index (χ1n) is 6.41. The molecule has 0 saturated heterocycles. The molecule has 2 aromatic carbocycles. The van der Waals surface area contributed by atoms with Crippen molar-refractivity contribution in [2.75, 3.05) is 11.1 Å². The van der Waals surface area contributed by atoms with Gasteiger partial charge in [0, 0.05) is 10.7 Å². The number of halogens is 1. The molecule has 0 aliphatic heterocycles. The van der Waals surface area contributed by atoms with Crippen LogP contribution in [0.1, 0.15) is 10.4 Å². The highest BCUT2D eigenvalue weighted by Crippen LogP contribution is 2.21. The smallest absolute Gasteiger partial charge is 0.337 e. The quantitative estimate of drug-likeness (QED) is 0.609. The normalized spacial score (nSPS) is 10.9. The van der Waals surface area contributed by atoms with Crippen molar-refractivity contribution in [3.05, 3.63) is 53.1 Å². The van der Waals surface area contributed by atoms with E-state index in [0.717, 1.165) is 0 Å². The lowest BCUT2D eigenvalue weighted by atomic mass is 10.2. The standard InChI is InChI=1S/C14H12ClN3O5S/c15-8-1-6-11(13(19)20)12(7-8)17-14(21)18-24(22,23)10-4-2-9(16)3-5-10/h1-7H,16H2,(H,19,20)(H2,17,18,21). The van der Waals surface area contributed by atoms with Gasteiger partial charge in [-0.15, -0.1) is 0 Å². The van der Waals surface area contributed by atoms with Crippen LogP contribution in [0.4, 0.5) is 16.2 Å². The Morgan fingerprint density at radius 3 is 2.29 bits per heavy atom. The van der Waals surface area contributed by atoms with E-state index in [0.29, 0.717) is 5.69 Å². The van der Waals surface area contributed by atoms with Crippen LogP contribution in [0, 0.1) is 0 Å². The number of carboxylic acids is 1. The van der Waals surface area contributed by atoms with Crippen molar-refractivity contribution in [3.63, 3.8) is 0 Å². The molecule has 2 aromatic rings. The van der Waals surface area contributed by atoms with Crippen LogP contribution in [-0.4, -0.2) is 25.5 Å². The number of sulfonamides is 1. The van der Waals surface area contributed by atoms with Gasteiger partial charge in [0.15, 0.2) is 0 Å². The summed E-state index contributed by atoms with van der Waals surface area (Å²) >= 11 is 5.75. The van der Waals surface area contributed by atoms with E-state index in [9.17, 15) is 18.0 Å². The molecule has 0 radical (unpaired) electrons. The van der Waals surface area contributed by atoms with Gasteiger partial charge in [-0.3, -0.25) is 0 Å². The predicted molar refractivity (Wildman–Crippen MR) is 88.6 cm³/mol. The molecule has 0 atom stereocenters. The number of anilines is 2. The Balaban J connectivity index is 2.21. The Bertz CT molecular complexity index is 897. The largest absolute Gasteiger partial charge is 0.478 e. The third-order valence-electron chi connectivity index (χ3n) is 2.88. The van der Waals surface area contributed by atoms with Gasteiger partial charge in [-0.25, -0.2) is 22.7 Å². The van der Waals surface area contributed by atoms with Gasteiger partial charge in [0.05, 0.1) is 16.1 Å². The lowest BCUT2D eigenvalue weighted by Crippen LogP contribution is -2.34. The van der Waals surface area contributed by atoms with E-state index in [2.05, 4.69) is 5.32 Å². The number of nitrogens with one attached hydrogen (secondary N) is 2. The molecule has 8 nitrogen and oxygen atoms in total. The van der Waals surface area contributed by atoms with E-state index in [4.69, 9.17) is 22.4 Å². The zero-order chi connectivity index (χ0) is 17.9. The molecule has 2 amide bonds. The molecule has 0 saturated carbocycles. The minimum absolute atomic E-state index is 0.139. The predicted octanol–water partition coefficient (Wildman–Crippen LogP) is 2.13. The lowest BCUT2D eigenvalue weighted by Gasteiger charge is -2.11. The topological polar surface area (TPSA) is 139 Å². The van der Waals surface area contributed by atoms with Gasteiger partial charge < -0.3 is 16.2 Å². The second kappa shape index (κ2) is 6.77. The Kier molecular flexibility index (Phi) is 4.96. The number of urea groups is 1. The number of aromatic carboxylic acids is 1. The zero-order valence-corrected chi connectivity index (χ0v) is 13.6. The van der Waals surface area contributed by atoms with Gasteiger partial charge in [0.1, 0.15) is 0 Å². The van der Waals surface area contributed by atoms with Crippen molar-refractivity contribution in [1.29, 1.82) is 0 Å². The van der Waals surface area contributed by atoms with Crippen LogP contribution >= 0.6 is 11.6 Å². The fraction of sp³-hybridized carbons (Fsp3) is 0. The second-order valence-corrected chi connectivity index (χ2v) is 6.74. The minimum atomic E-state index is -4.14. The number of benzene rings is 2. The average molecular weight is 370 g/mol. The summed E-state index contributed by atoms with van der Waals surface area (Å²) in [4.78, 5) is 22.8. The number of nitrogens with two attached hydrogens (primary N) is 1. The van der Waals surface area contributed by atoms with E-state index in [1.165, 1.54) is 42.5 Å². The van der Waals surface area contributed by atoms with Gasteiger partial charge in [-0.2, -0.15) is 0 Å². The zero-order valence-electron chi connectivity index (χ0n) is 12.0. The number of rotatable bonds is 4. The van der Waals surface area contributed by atoms with Crippen LogP contribution < -0.4 is 15.8 Å². The number of amides is 2. The highest BCUT2D eigenvalue weighted by Gasteiger charge is 2.19. The number of carbonyl (C=O) groups is 2. The summed E-state index contributed by atoms with van der Waals surface area (Å²) in [5, 5.41) is 11.4. The highest BCUT2D eigenvalue weighted by atomic mass is 35.5. The molecule has 126 valence electrons. The van der Waals surface area contributed by atoms with Crippen molar-refractivity contribution in [3.8, 4) is 0 Å². The number of carbonyl (C=O) groups excluding carboxylic acids is 1. The monoisotopic (exact) mass is 369 g/mol.